The third-order valence-corrected chi connectivity index (χ3v) is 1.30. The summed E-state index contributed by atoms with van der Waals surface area (Å²) in [7, 11) is 0. The second-order valence-corrected chi connectivity index (χ2v) is 2.12. The monoisotopic (exact) mass is 136 g/mol. The van der Waals surface area contributed by atoms with Crippen LogP contribution < -0.4 is 5.43 Å². The molecule has 0 aliphatic heterocycles. The van der Waals surface area contributed by atoms with Gasteiger partial charge in [-0.15, -0.1) is 0 Å². The first-order valence-electron chi connectivity index (χ1n) is 3.01. The molecule has 52 valence electrons. The van der Waals surface area contributed by atoms with Gasteiger partial charge in [0.1, 0.15) is 0 Å². The predicted molar refractivity (Wildman–Crippen MR) is 39.1 cm³/mol. The maximum atomic E-state index is 10.9. The van der Waals surface area contributed by atoms with Crippen LogP contribution in [0.3, 0.4) is 0 Å². The Hall–Kier alpha value is -1.31. The first-order chi connectivity index (χ1) is 4.72. The van der Waals surface area contributed by atoms with Crippen LogP contribution in [0.5, 0.6) is 5.75 Å². The van der Waals surface area contributed by atoms with Gasteiger partial charge in [0.15, 0.2) is 5.75 Å². The fraction of sp³-hybridized carbons (Fsp3) is 0.125. The topological polar surface area (TPSA) is 37.3 Å². The first kappa shape index (κ1) is 6.81. The highest BCUT2D eigenvalue weighted by atomic mass is 16.3. The number of rotatable bonds is 0. The molecule has 0 amide bonds. The second kappa shape index (κ2) is 2.52. The van der Waals surface area contributed by atoms with Crippen molar-refractivity contribution in [1.29, 1.82) is 0 Å². The van der Waals surface area contributed by atoms with E-state index in [1.807, 2.05) is 0 Å². The van der Waals surface area contributed by atoms with Gasteiger partial charge in [0.25, 0.3) is 0 Å². The van der Waals surface area contributed by atoms with E-state index in [2.05, 4.69) is 0 Å². The minimum absolute atomic E-state index is 0.192. The Morgan fingerprint density at radius 3 is 2.60 bits per heavy atom. The van der Waals surface area contributed by atoms with Crippen molar-refractivity contribution in [2.75, 3.05) is 0 Å². The SMILES string of the molecule is Cc1ccccc(O)c1=O. The molecule has 2 nitrogen and oxygen atoms in total. The molecule has 0 bridgehead atoms. The Balaban J connectivity index is 3.53. The molecule has 0 radical (unpaired) electrons. The average molecular weight is 136 g/mol. The molecule has 1 N–H and O–H groups in total. The third kappa shape index (κ3) is 1.16. The van der Waals surface area contributed by atoms with Gasteiger partial charge >= 0.3 is 0 Å². The van der Waals surface area contributed by atoms with E-state index < -0.39 is 0 Å². The van der Waals surface area contributed by atoms with E-state index in [0.29, 0.717) is 5.56 Å². The van der Waals surface area contributed by atoms with Crippen molar-refractivity contribution in [2.24, 2.45) is 0 Å². The Bertz CT molecular complexity index is 264. The molecular weight excluding hydrogens is 128 g/mol. The summed E-state index contributed by atoms with van der Waals surface area (Å²) >= 11 is 0. The molecule has 0 fully saturated rings. The molecule has 0 heterocycles. The lowest BCUT2D eigenvalue weighted by molar-refractivity contribution is 0.470. The highest BCUT2D eigenvalue weighted by Gasteiger charge is 1.93. The van der Waals surface area contributed by atoms with Gasteiger partial charge < -0.3 is 5.11 Å². The van der Waals surface area contributed by atoms with Crippen LogP contribution in [0.25, 0.3) is 0 Å². The van der Waals surface area contributed by atoms with E-state index in [1.54, 1.807) is 25.1 Å². The summed E-state index contributed by atoms with van der Waals surface area (Å²) in [5, 5.41) is 8.95. The fourth-order valence-corrected chi connectivity index (χ4v) is 0.700. The lowest BCUT2D eigenvalue weighted by atomic mass is 10.3. The number of aromatic hydroxyl groups is 1. The Kier molecular flexibility index (Phi) is 1.71. The van der Waals surface area contributed by atoms with Crippen LogP contribution in [0.2, 0.25) is 0 Å². The minimum atomic E-state index is -0.301. The van der Waals surface area contributed by atoms with E-state index in [0.717, 1.165) is 0 Å². The van der Waals surface area contributed by atoms with Crippen molar-refractivity contribution in [3.63, 3.8) is 0 Å². The molecule has 1 rings (SSSR count). The van der Waals surface area contributed by atoms with Gasteiger partial charge in [-0.1, -0.05) is 18.2 Å². The molecule has 0 aromatic heterocycles. The van der Waals surface area contributed by atoms with E-state index in [-0.39, 0.29) is 11.2 Å². The smallest absolute Gasteiger partial charge is 0.222 e. The highest BCUT2D eigenvalue weighted by Crippen LogP contribution is 1.98. The summed E-state index contributed by atoms with van der Waals surface area (Å²) in [4.78, 5) is 10.9. The third-order valence-electron chi connectivity index (χ3n) is 1.30. The summed E-state index contributed by atoms with van der Waals surface area (Å²) in [6.45, 7) is 1.67. The van der Waals surface area contributed by atoms with Crippen molar-refractivity contribution in [2.45, 2.75) is 6.92 Å². The highest BCUT2D eigenvalue weighted by molar-refractivity contribution is 5.24. The normalized spacial score (nSPS) is 9.30. The molecule has 0 unspecified atom stereocenters. The first-order valence-corrected chi connectivity index (χ1v) is 3.01. The Labute approximate surface area is 58.8 Å². The van der Waals surface area contributed by atoms with Gasteiger partial charge in [-0.25, -0.2) is 0 Å². The van der Waals surface area contributed by atoms with E-state index >= 15 is 0 Å². The predicted octanol–water partition coefficient (Wildman–Crippen LogP) is 1.06. The van der Waals surface area contributed by atoms with Crippen LogP contribution in [-0.4, -0.2) is 5.11 Å². The van der Waals surface area contributed by atoms with E-state index in [9.17, 15) is 4.79 Å². The molecule has 2 heteroatoms. The maximum absolute atomic E-state index is 10.9. The van der Waals surface area contributed by atoms with Crippen molar-refractivity contribution in [3.05, 3.63) is 40.1 Å². The summed E-state index contributed by atoms with van der Waals surface area (Å²) in [5.74, 6) is -0.192. The zero-order valence-corrected chi connectivity index (χ0v) is 5.66. The number of aryl methyl sites for hydroxylation is 1. The Morgan fingerprint density at radius 1 is 1.30 bits per heavy atom. The van der Waals surface area contributed by atoms with Crippen molar-refractivity contribution in [3.8, 4) is 5.75 Å². The summed E-state index contributed by atoms with van der Waals surface area (Å²) in [6, 6.07) is 6.40. The zero-order valence-electron chi connectivity index (χ0n) is 5.66. The van der Waals surface area contributed by atoms with Crippen molar-refractivity contribution >= 4 is 0 Å². The summed E-state index contributed by atoms with van der Waals surface area (Å²) in [6.07, 6.45) is 0. The quantitative estimate of drug-likeness (QED) is 0.579. The van der Waals surface area contributed by atoms with Gasteiger partial charge in [0, 0.05) is 5.56 Å². The number of hydrogen-bond donors (Lipinski definition) is 1. The van der Waals surface area contributed by atoms with Gasteiger partial charge in [0.05, 0.1) is 0 Å². The zero-order chi connectivity index (χ0) is 7.56. The van der Waals surface area contributed by atoms with Crippen LogP contribution in [0.15, 0.2) is 29.1 Å². The standard InChI is InChI=1S/C8H8O2/c1-6-4-2-3-5-7(9)8(6)10/h2-5H,1H3,(H,9,10). The molecular formula is C8H8O2. The van der Waals surface area contributed by atoms with Gasteiger partial charge in [-0.05, 0) is 13.0 Å². The maximum Gasteiger partial charge on any atom is 0.222 e. The lowest BCUT2D eigenvalue weighted by Crippen LogP contribution is -1.98. The summed E-state index contributed by atoms with van der Waals surface area (Å²) in [5.41, 5.74) is 0.257. The van der Waals surface area contributed by atoms with Crippen LogP contribution in [0.1, 0.15) is 5.56 Å². The van der Waals surface area contributed by atoms with E-state index in [1.165, 1.54) is 6.07 Å². The van der Waals surface area contributed by atoms with Crippen LogP contribution in [-0.2, 0) is 0 Å². The number of hydrogen-bond acceptors (Lipinski definition) is 2. The van der Waals surface area contributed by atoms with Crippen LogP contribution in [0, 0.1) is 6.92 Å². The van der Waals surface area contributed by atoms with Crippen LogP contribution >= 0.6 is 0 Å². The minimum Gasteiger partial charge on any atom is -0.504 e. The summed E-state index contributed by atoms with van der Waals surface area (Å²) < 4.78 is 0. The molecule has 0 spiro atoms. The molecule has 1 aromatic carbocycles. The Morgan fingerprint density at radius 2 is 1.90 bits per heavy atom. The molecule has 0 atom stereocenters. The molecule has 0 aliphatic rings. The van der Waals surface area contributed by atoms with Gasteiger partial charge in [-0.3, -0.25) is 4.79 Å². The van der Waals surface area contributed by atoms with E-state index in [4.69, 9.17) is 5.11 Å². The molecule has 0 aliphatic carbocycles. The molecule has 10 heavy (non-hydrogen) atoms. The van der Waals surface area contributed by atoms with Crippen molar-refractivity contribution in [1.82, 2.24) is 0 Å². The van der Waals surface area contributed by atoms with Gasteiger partial charge in [0.2, 0.25) is 5.43 Å². The lowest BCUT2D eigenvalue weighted by Gasteiger charge is -1.81. The molecule has 0 saturated carbocycles. The fourth-order valence-electron chi connectivity index (χ4n) is 0.700. The molecule has 1 aromatic rings. The molecule has 0 saturated heterocycles. The van der Waals surface area contributed by atoms with Gasteiger partial charge in [-0.2, -0.15) is 0 Å². The second-order valence-electron chi connectivity index (χ2n) is 2.12. The van der Waals surface area contributed by atoms with Crippen molar-refractivity contribution < 1.29 is 5.11 Å². The van der Waals surface area contributed by atoms with Crippen LogP contribution in [0.4, 0.5) is 0 Å². The largest absolute Gasteiger partial charge is 0.504 e. The average Bonchev–Trinajstić information content (AvgIpc) is 2.04.